The van der Waals surface area contributed by atoms with E-state index in [4.69, 9.17) is 9.84 Å². The first-order chi connectivity index (χ1) is 15.9. The molecule has 4 aromatic rings. The lowest BCUT2D eigenvalue weighted by atomic mass is 10.1. The van der Waals surface area contributed by atoms with Crippen LogP contribution in [-0.2, 0) is 6.54 Å². The third-order valence-electron chi connectivity index (χ3n) is 5.40. The van der Waals surface area contributed by atoms with E-state index in [0.717, 1.165) is 16.9 Å². The molecule has 0 saturated heterocycles. The average Bonchev–Trinajstić information content (AvgIpc) is 3.13. The molecule has 0 bridgehead atoms. The fourth-order valence-corrected chi connectivity index (χ4v) is 3.59. The van der Waals surface area contributed by atoms with Gasteiger partial charge in [-0.3, -0.25) is 4.79 Å². The minimum absolute atomic E-state index is 0.0911. The summed E-state index contributed by atoms with van der Waals surface area (Å²) >= 11 is 0. The van der Waals surface area contributed by atoms with Crippen LogP contribution < -0.4 is 4.74 Å². The molecule has 0 saturated carbocycles. The average molecular weight is 444 g/mol. The van der Waals surface area contributed by atoms with E-state index < -0.39 is 0 Å². The smallest absolute Gasteiger partial charge is 0.254 e. The number of carbonyl (C=O) groups excluding carboxylic acids is 1. The first kappa shape index (κ1) is 22.3. The second-order valence-corrected chi connectivity index (χ2v) is 8.07. The summed E-state index contributed by atoms with van der Waals surface area (Å²) < 4.78 is 21.5. The van der Waals surface area contributed by atoms with Gasteiger partial charge in [0.25, 0.3) is 5.91 Å². The molecule has 4 rings (SSSR count). The Morgan fingerprint density at radius 2 is 1.58 bits per heavy atom. The minimum Gasteiger partial charge on any atom is -0.439 e. The maximum absolute atomic E-state index is 13.4. The summed E-state index contributed by atoms with van der Waals surface area (Å²) in [6, 6.07) is 24.8. The van der Waals surface area contributed by atoms with Gasteiger partial charge in [-0.2, -0.15) is 5.10 Å². The van der Waals surface area contributed by atoms with E-state index in [1.807, 2.05) is 81.4 Å². The van der Waals surface area contributed by atoms with Gasteiger partial charge in [0.1, 0.15) is 11.6 Å². The van der Waals surface area contributed by atoms with Crippen LogP contribution in [0.4, 0.5) is 4.39 Å². The summed E-state index contributed by atoms with van der Waals surface area (Å²) in [5.41, 5.74) is 2.87. The monoisotopic (exact) mass is 443 g/mol. The Morgan fingerprint density at radius 1 is 0.970 bits per heavy atom. The number of nitrogens with zero attached hydrogens (tertiary/aromatic N) is 3. The highest BCUT2D eigenvalue weighted by Crippen LogP contribution is 2.32. The van der Waals surface area contributed by atoms with Crippen molar-refractivity contribution in [2.45, 2.75) is 33.4 Å². The predicted molar refractivity (Wildman–Crippen MR) is 126 cm³/mol. The third-order valence-corrected chi connectivity index (χ3v) is 5.40. The standard InChI is InChI=1S/C27H26FN3O2/c1-19(2)30(26(32)21-14-16-22(28)17-15-21)18-25-20(3)29-31(23-10-6-4-7-11-23)27(25)33-24-12-8-5-9-13-24/h4-17,19H,18H2,1-3H3. The van der Waals surface area contributed by atoms with Crippen molar-refractivity contribution in [3.63, 3.8) is 0 Å². The number of benzene rings is 3. The summed E-state index contributed by atoms with van der Waals surface area (Å²) in [6.45, 7) is 6.12. The van der Waals surface area contributed by atoms with Gasteiger partial charge >= 0.3 is 0 Å². The van der Waals surface area contributed by atoms with Crippen LogP contribution in [0, 0.1) is 12.7 Å². The molecule has 168 valence electrons. The number of hydrogen-bond donors (Lipinski definition) is 0. The van der Waals surface area contributed by atoms with Crippen molar-refractivity contribution in [3.8, 4) is 17.3 Å². The molecule has 0 aliphatic carbocycles. The van der Waals surface area contributed by atoms with Gasteiger partial charge in [0.05, 0.1) is 23.5 Å². The quantitative estimate of drug-likeness (QED) is 0.344. The van der Waals surface area contributed by atoms with E-state index in [1.54, 1.807) is 9.58 Å². The molecule has 0 fully saturated rings. The van der Waals surface area contributed by atoms with Crippen LogP contribution in [0.2, 0.25) is 0 Å². The van der Waals surface area contributed by atoms with Gasteiger partial charge in [0.15, 0.2) is 0 Å². The number of ether oxygens (including phenoxy) is 1. The molecule has 0 aliphatic rings. The molecule has 0 radical (unpaired) electrons. The van der Waals surface area contributed by atoms with Crippen molar-refractivity contribution in [1.29, 1.82) is 0 Å². The predicted octanol–water partition coefficient (Wildman–Crippen LogP) is 6.16. The van der Waals surface area contributed by atoms with Crippen molar-refractivity contribution in [3.05, 3.63) is 108 Å². The number of aromatic nitrogens is 2. The number of aryl methyl sites for hydroxylation is 1. The summed E-state index contributed by atoms with van der Waals surface area (Å²) in [7, 11) is 0. The maximum Gasteiger partial charge on any atom is 0.254 e. The molecule has 3 aromatic carbocycles. The van der Waals surface area contributed by atoms with Gasteiger partial charge in [-0.1, -0.05) is 36.4 Å². The zero-order valence-electron chi connectivity index (χ0n) is 18.9. The lowest BCUT2D eigenvalue weighted by Gasteiger charge is -2.27. The maximum atomic E-state index is 13.4. The summed E-state index contributed by atoms with van der Waals surface area (Å²) in [6.07, 6.45) is 0. The topological polar surface area (TPSA) is 47.4 Å². The molecule has 5 nitrogen and oxygen atoms in total. The molecule has 1 heterocycles. The van der Waals surface area contributed by atoms with Crippen LogP contribution in [0.3, 0.4) is 0 Å². The van der Waals surface area contributed by atoms with Crippen molar-refractivity contribution in [2.75, 3.05) is 0 Å². The molecule has 0 atom stereocenters. The Hall–Kier alpha value is -3.93. The van der Waals surface area contributed by atoms with Crippen LogP contribution in [-0.4, -0.2) is 26.6 Å². The number of carbonyl (C=O) groups is 1. The molecular formula is C27H26FN3O2. The molecule has 33 heavy (non-hydrogen) atoms. The Bertz CT molecular complexity index is 1220. The first-order valence-corrected chi connectivity index (χ1v) is 10.9. The van der Waals surface area contributed by atoms with Gasteiger partial charge in [0, 0.05) is 11.6 Å². The number of hydrogen-bond acceptors (Lipinski definition) is 3. The van der Waals surface area contributed by atoms with Gasteiger partial charge in [-0.05, 0) is 69.3 Å². The molecule has 0 unspecified atom stereocenters. The fourth-order valence-electron chi connectivity index (χ4n) is 3.59. The van der Waals surface area contributed by atoms with Gasteiger partial charge in [0.2, 0.25) is 5.88 Å². The van der Waals surface area contributed by atoms with Crippen LogP contribution >= 0.6 is 0 Å². The summed E-state index contributed by atoms with van der Waals surface area (Å²) in [5.74, 6) is 0.683. The van der Waals surface area contributed by atoms with Crippen molar-refractivity contribution >= 4 is 5.91 Å². The molecule has 1 amide bonds. The van der Waals surface area contributed by atoms with E-state index in [-0.39, 0.29) is 17.8 Å². The van der Waals surface area contributed by atoms with Crippen molar-refractivity contribution in [1.82, 2.24) is 14.7 Å². The zero-order valence-corrected chi connectivity index (χ0v) is 18.9. The van der Waals surface area contributed by atoms with E-state index >= 15 is 0 Å². The van der Waals surface area contributed by atoms with E-state index in [0.29, 0.717) is 23.7 Å². The summed E-state index contributed by atoms with van der Waals surface area (Å²) in [5, 5.41) is 4.74. The minimum atomic E-state index is -0.374. The molecule has 6 heteroatoms. The Kier molecular flexibility index (Phi) is 6.54. The van der Waals surface area contributed by atoms with Crippen molar-refractivity contribution in [2.24, 2.45) is 0 Å². The van der Waals surface area contributed by atoms with E-state index in [9.17, 15) is 9.18 Å². The van der Waals surface area contributed by atoms with Crippen LogP contribution in [0.5, 0.6) is 11.6 Å². The van der Waals surface area contributed by atoms with E-state index in [2.05, 4.69) is 0 Å². The van der Waals surface area contributed by atoms with Crippen LogP contribution in [0.15, 0.2) is 84.9 Å². The van der Waals surface area contributed by atoms with Gasteiger partial charge in [-0.25, -0.2) is 9.07 Å². The van der Waals surface area contributed by atoms with Crippen LogP contribution in [0.25, 0.3) is 5.69 Å². The van der Waals surface area contributed by atoms with Crippen molar-refractivity contribution < 1.29 is 13.9 Å². The number of amides is 1. The summed E-state index contributed by atoms with van der Waals surface area (Å²) in [4.78, 5) is 15.0. The van der Waals surface area contributed by atoms with E-state index in [1.165, 1.54) is 24.3 Å². The Balaban J connectivity index is 1.75. The molecule has 0 aliphatic heterocycles. The Morgan fingerprint density at radius 3 is 2.18 bits per heavy atom. The number of rotatable bonds is 7. The van der Waals surface area contributed by atoms with Gasteiger partial charge in [-0.15, -0.1) is 0 Å². The first-order valence-electron chi connectivity index (χ1n) is 10.9. The highest BCUT2D eigenvalue weighted by atomic mass is 19.1. The number of halogens is 1. The highest BCUT2D eigenvalue weighted by molar-refractivity contribution is 5.94. The SMILES string of the molecule is Cc1nn(-c2ccccc2)c(Oc2ccccc2)c1CN(C(=O)c1ccc(F)cc1)C(C)C. The molecule has 1 aromatic heterocycles. The Labute approximate surface area is 193 Å². The van der Waals surface area contributed by atoms with Gasteiger partial charge < -0.3 is 9.64 Å². The lowest BCUT2D eigenvalue weighted by molar-refractivity contribution is 0.0689. The molecule has 0 N–H and O–H groups in total. The number of para-hydroxylation sites is 2. The molecular weight excluding hydrogens is 417 g/mol. The van der Waals surface area contributed by atoms with Crippen LogP contribution in [0.1, 0.15) is 35.5 Å². The second-order valence-electron chi connectivity index (χ2n) is 8.07. The second kappa shape index (κ2) is 9.69. The normalized spacial score (nSPS) is 10.9. The largest absolute Gasteiger partial charge is 0.439 e. The lowest BCUT2D eigenvalue weighted by Crippen LogP contribution is -2.36. The zero-order chi connectivity index (χ0) is 23.4. The molecule has 0 spiro atoms. The fraction of sp³-hybridized carbons (Fsp3) is 0.185. The highest BCUT2D eigenvalue weighted by Gasteiger charge is 2.26. The third kappa shape index (κ3) is 4.95.